The Morgan fingerprint density at radius 3 is 2.35 bits per heavy atom. The number of anilines is 1. The molecule has 2 bridgehead atoms. The number of likely N-dealkylation sites (tertiary alicyclic amines) is 1. The number of fused-ring (bicyclic) bond motifs is 1. The predicted octanol–water partition coefficient (Wildman–Crippen LogP) is 5.12. The van der Waals surface area contributed by atoms with Gasteiger partial charge in [-0.25, -0.2) is 0 Å². The third kappa shape index (κ3) is 5.68. The van der Waals surface area contributed by atoms with Crippen molar-refractivity contribution in [3.63, 3.8) is 0 Å². The van der Waals surface area contributed by atoms with Gasteiger partial charge in [-0.05, 0) is 69.7 Å². The van der Waals surface area contributed by atoms with Gasteiger partial charge in [0.15, 0.2) is 0 Å². The molecule has 3 amide bonds. The molecule has 1 spiro atoms. The number of carbonyl (C=O) groups excluding carboxylic acids is 3. The zero-order valence-corrected chi connectivity index (χ0v) is 28.2. The van der Waals surface area contributed by atoms with Crippen molar-refractivity contribution in [2.24, 2.45) is 17.8 Å². The van der Waals surface area contributed by atoms with Crippen LogP contribution in [0.3, 0.4) is 0 Å². The van der Waals surface area contributed by atoms with Crippen molar-refractivity contribution >= 4 is 23.4 Å². The number of nitrogens with zero attached hydrogens (tertiary/aromatic N) is 3. The third-order valence-electron chi connectivity index (χ3n) is 11.2. The Balaban J connectivity index is 1.59. The Bertz CT molecular complexity index is 1290. The summed E-state index contributed by atoms with van der Waals surface area (Å²) < 4.78 is 12.6. The highest BCUT2D eigenvalue weighted by Gasteiger charge is 2.79. The minimum atomic E-state index is -1.17. The molecule has 4 fully saturated rings. The first kappa shape index (κ1) is 34.2. The fraction of sp³-hybridized carbons (Fsp3) is 0.649. The number of ether oxygens (including phenoxy) is 2. The molecular formula is C37H53N3O6. The van der Waals surface area contributed by atoms with Gasteiger partial charge in [0.2, 0.25) is 17.7 Å². The number of hydrogen-bond acceptors (Lipinski definition) is 6. The van der Waals surface area contributed by atoms with Crippen LogP contribution in [-0.4, -0.2) is 88.3 Å². The molecule has 1 aromatic carbocycles. The van der Waals surface area contributed by atoms with E-state index in [0.717, 1.165) is 38.5 Å². The summed E-state index contributed by atoms with van der Waals surface area (Å²) in [6.45, 7) is 16.6. The standard InChI is InChI=1S/C37H53N3O6/c1-7-22-38(27-16-18-28(19-17-27)45-10-4)33(42)30-31-34(43)40(29(24-41)25(5)9-3)32(37(31)21-20-36(30,6)46-37)35(44)39(23-8-2)26-14-12-11-13-15-26/h7-8,16-19,25-26,29-32,41H,1-2,9-15,20-24H2,3-6H3/t25-,29-,30+,31-,32?,36-,37?/m0/s1. The zero-order valence-electron chi connectivity index (χ0n) is 28.2. The summed E-state index contributed by atoms with van der Waals surface area (Å²) >= 11 is 0. The van der Waals surface area contributed by atoms with Gasteiger partial charge in [0.25, 0.3) is 0 Å². The van der Waals surface area contributed by atoms with E-state index < -0.39 is 35.1 Å². The molecule has 4 aliphatic rings. The molecule has 9 heteroatoms. The highest BCUT2D eigenvalue weighted by Crippen LogP contribution is 2.64. The van der Waals surface area contributed by atoms with Crippen LogP contribution >= 0.6 is 0 Å². The molecule has 1 N–H and O–H groups in total. The minimum Gasteiger partial charge on any atom is -0.494 e. The van der Waals surface area contributed by atoms with E-state index in [4.69, 9.17) is 9.47 Å². The molecule has 3 saturated heterocycles. The van der Waals surface area contributed by atoms with Crippen LogP contribution in [0.1, 0.15) is 79.1 Å². The molecule has 252 valence electrons. The van der Waals surface area contributed by atoms with Crippen molar-refractivity contribution in [1.29, 1.82) is 0 Å². The Labute approximate surface area is 274 Å². The molecule has 5 rings (SSSR count). The largest absolute Gasteiger partial charge is 0.494 e. The van der Waals surface area contributed by atoms with E-state index in [0.29, 0.717) is 37.4 Å². The lowest BCUT2D eigenvalue weighted by Crippen LogP contribution is -2.61. The smallest absolute Gasteiger partial charge is 0.248 e. The van der Waals surface area contributed by atoms with Gasteiger partial charge in [0.05, 0.1) is 36.7 Å². The first-order valence-electron chi connectivity index (χ1n) is 17.3. The Morgan fingerprint density at radius 1 is 1.09 bits per heavy atom. The summed E-state index contributed by atoms with van der Waals surface area (Å²) in [4.78, 5) is 49.8. The predicted molar refractivity (Wildman–Crippen MR) is 178 cm³/mol. The number of amides is 3. The second-order valence-corrected chi connectivity index (χ2v) is 13.8. The van der Waals surface area contributed by atoms with Crippen molar-refractivity contribution < 1.29 is 29.0 Å². The van der Waals surface area contributed by atoms with Gasteiger partial charge in [-0.3, -0.25) is 14.4 Å². The third-order valence-corrected chi connectivity index (χ3v) is 11.2. The van der Waals surface area contributed by atoms with Crippen LogP contribution in [0.2, 0.25) is 0 Å². The number of carbonyl (C=O) groups is 3. The normalized spacial score (nSPS) is 30.1. The fourth-order valence-electron chi connectivity index (χ4n) is 8.81. The molecule has 3 aliphatic heterocycles. The Morgan fingerprint density at radius 2 is 1.76 bits per heavy atom. The number of aliphatic hydroxyl groups excluding tert-OH is 1. The van der Waals surface area contributed by atoms with E-state index in [1.54, 1.807) is 22.0 Å². The maximum absolute atomic E-state index is 15.0. The first-order valence-corrected chi connectivity index (χ1v) is 17.3. The second kappa shape index (κ2) is 13.9. The molecular weight excluding hydrogens is 582 g/mol. The monoisotopic (exact) mass is 635 g/mol. The Kier molecular flexibility index (Phi) is 10.3. The van der Waals surface area contributed by atoms with Gasteiger partial charge in [-0.2, -0.15) is 0 Å². The van der Waals surface area contributed by atoms with Gasteiger partial charge in [-0.1, -0.05) is 51.7 Å². The van der Waals surface area contributed by atoms with Crippen molar-refractivity contribution in [2.45, 2.75) is 108 Å². The summed E-state index contributed by atoms with van der Waals surface area (Å²) in [5, 5.41) is 10.7. The van der Waals surface area contributed by atoms with Gasteiger partial charge in [0, 0.05) is 24.8 Å². The highest BCUT2D eigenvalue weighted by atomic mass is 16.5. The summed E-state index contributed by atoms with van der Waals surface area (Å²) in [6, 6.07) is 5.89. The van der Waals surface area contributed by atoms with Crippen LogP contribution < -0.4 is 9.64 Å². The molecule has 3 heterocycles. The minimum absolute atomic E-state index is 0.0530. The topological polar surface area (TPSA) is 99.6 Å². The number of benzene rings is 1. The van der Waals surface area contributed by atoms with Crippen LogP contribution in [0.5, 0.6) is 5.75 Å². The average molecular weight is 636 g/mol. The van der Waals surface area contributed by atoms with Crippen LogP contribution in [0.4, 0.5) is 5.69 Å². The number of hydrogen-bond donors (Lipinski definition) is 1. The van der Waals surface area contributed by atoms with Crippen molar-refractivity contribution in [3.05, 3.63) is 49.6 Å². The van der Waals surface area contributed by atoms with Gasteiger partial charge in [-0.15, -0.1) is 13.2 Å². The van der Waals surface area contributed by atoms with E-state index in [-0.39, 0.29) is 42.8 Å². The zero-order chi connectivity index (χ0) is 33.2. The van der Waals surface area contributed by atoms with Crippen molar-refractivity contribution in [3.8, 4) is 5.75 Å². The molecule has 0 radical (unpaired) electrons. The van der Waals surface area contributed by atoms with E-state index >= 15 is 0 Å². The maximum atomic E-state index is 15.0. The average Bonchev–Trinajstić information content (AvgIpc) is 3.64. The molecule has 0 aromatic heterocycles. The number of aliphatic hydroxyl groups is 1. The molecule has 46 heavy (non-hydrogen) atoms. The lowest BCUT2D eigenvalue weighted by Gasteiger charge is -2.43. The number of rotatable bonds is 14. The lowest BCUT2D eigenvalue weighted by molar-refractivity contribution is -0.157. The molecule has 2 unspecified atom stereocenters. The second-order valence-electron chi connectivity index (χ2n) is 13.8. The maximum Gasteiger partial charge on any atom is 0.248 e. The van der Waals surface area contributed by atoms with E-state index in [2.05, 4.69) is 13.2 Å². The fourth-order valence-corrected chi connectivity index (χ4v) is 8.81. The van der Waals surface area contributed by atoms with Crippen LogP contribution in [0, 0.1) is 17.8 Å². The molecule has 9 nitrogen and oxygen atoms in total. The molecule has 1 aromatic rings. The van der Waals surface area contributed by atoms with Gasteiger partial charge in [0.1, 0.15) is 17.4 Å². The Hall–Kier alpha value is -3.17. The summed E-state index contributed by atoms with van der Waals surface area (Å²) in [5.41, 5.74) is -1.42. The van der Waals surface area contributed by atoms with E-state index in [1.807, 2.05) is 56.9 Å². The molecule has 1 saturated carbocycles. The van der Waals surface area contributed by atoms with E-state index in [1.165, 1.54) is 0 Å². The highest BCUT2D eigenvalue weighted by molar-refractivity contribution is 6.03. The van der Waals surface area contributed by atoms with Gasteiger partial charge < -0.3 is 29.3 Å². The van der Waals surface area contributed by atoms with Crippen molar-refractivity contribution in [2.75, 3.05) is 31.2 Å². The molecule has 1 aliphatic carbocycles. The van der Waals surface area contributed by atoms with Crippen molar-refractivity contribution in [1.82, 2.24) is 9.80 Å². The summed E-state index contributed by atoms with van der Waals surface area (Å²) in [7, 11) is 0. The van der Waals surface area contributed by atoms with E-state index in [9.17, 15) is 19.5 Å². The molecule has 7 atom stereocenters. The van der Waals surface area contributed by atoms with Crippen LogP contribution in [0.15, 0.2) is 49.6 Å². The van der Waals surface area contributed by atoms with Gasteiger partial charge >= 0.3 is 0 Å². The summed E-state index contributed by atoms with van der Waals surface area (Å²) in [6.07, 6.45) is 10.3. The van der Waals surface area contributed by atoms with Crippen LogP contribution in [0.25, 0.3) is 0 Å². The van der Waals surface area contributed by atoms with Crippen LogP contribution in [-0.2, 0) is 19.1 Å². The summed E-state index contributed by atoms with van der Waals surface area (Å²) in [5.74, 6) is -1.67. The first-order chi connectivity index (χ1) is 22.1. The SMILES string of the molecule is C=CCN(C(=O)[C@H]1[C@H]2C(=O)N([C@@H](CO)[C@@H](C)CC)C(C(=O)N(CC=C)C3CCCCC3)C23CC[C@]1(C)O3)c1ccc(OCC)cc1. The quantitative estimate of drug-likeness (QED) is 0.285. The lowest BCUT2D eigenvalue weighted by atomic mass is 9.66.